The first-order valence-electron chi connectivity index (χ1n) is 7.14. The van der Waals surface area contributed by atoms with Crippen LogP contribution in [-0.2, 0) is 17.8 Å². The highest BCUT2D eigenvalue weighted by atomic mass is 79.9. The van der Waals surface area contributed by atoms with Crippen LogP contribution in [0.3, 0.4) is 0 Å². The first-order chi connectivity index (χ1) is 11.1. The number of carbonyl (C=O) groups is 1. The molecule has 3 nitrogen and oxygen atoms in total. The normalized spacial score (nSPS) is 18.5. The quantitative estimate of drug-likeness (QED) is 0.615. The zero-order valence-corrected chi connectivity index (χ0v) is 15.5. The molecule has 130 valence electrons. The molecule has 0 fully saturated rings. The number of amides is 1. The summed E-state index contributed by atoms with van der Waals surface area (Å²) < 4.78 is 41.1. The van der Waals surface area contributed by atoms with E-state index in [1.807, 2.05) is 0 Å². The number of hydrogen-bond donors (Lipinski definition) is 1. The highest BCUT2D eigenvalue weighted by Gasteiger charge is 2.35. The van der Waals surface area contributed by atoms with E-state index in [9.17, 15) is 18.0 Å². The van der Waals surface area contributed by atoms with E-state index in [1.165, 1.54) is 0 Å². The van der Waals surface area contributed by atoms with Gasteiger partial charge in [0.1, 0.15) is 6.54 Å². The van der Waals surface area contributed by atoms with Crippen molar-refractivity contribution in [3.05, 3.63) is 31.8 Å². The highest BCUT2D eigenvalue weighted by molar-refractivity contribution is 9.10. The van der Waals surface area contributed by atoms with Gasteiger partial charge in [-0.3, -0.25) is 4.79 Å². The second-order valence-corrected chi connectivity index (χ2v) is 7.34. The van der Waals surface area contributed by atoms with Crippen molar-refractivity contribution >= 4 is 55.9 Å². The summed E-state index contributed by atoms with van der Waals surface area (Å²) in [6, 6.07) is 1.54. The Kier molecular flexibility index (Phi) is 4.55. The van der Waals surface area contributed by atoms with Crippen LogP contribution in [0.5, 0.6) is 0 Å². The third kappa shape index (κ3) is 2.91. The standard InChI is InChI=1S/C15H12BrCl2F3N2O/c1-6-10-9(2-3-22-14(6)24)23(5-15(19,20)21)13-11(10)7(16)4-8(17)12(13)18/h4,6H,2-3,5H2,1H3,(H,22,24). The fourth-order valence-corrected chi connectivity index (χ4v) is 4.41. The number of nitrogens with one attached hydrogen (secondary N) is 1. The van der Waals surface area contributed by atoms with E-state index in [2.05, 4.69) is 21.2 Å². The van der Waals surface area contributed by atoms with Crippen molar-refractivity contribution in [2.45, 2.75) is 32.0 Å². The molecule has 1 unspecified atom stereocenters. The minimum absolute atomic E-state index is 0.0554. The summed E-state index contributed by atoms with van der Waals surface area (Å²) in [5.41, 5.74) is 1.23. The number of hydrogen-bond acceptors (Lipinski definition) is 1. The Morgan fingerprint density at radius 1 is 1.42 bits per heavy atom. The van der Waals surface area contributed by atoms with Crippen molar-refractivity contribution in [2.24, 2.45) is 0 Å². The Balaban J connectivity index is 2.44. The second-order valence-electron chi connectivity index (χ2n) is 5.70. The smallest absolute Gasteiger partial charge is 0.355 e. The molecule has 0 aliphatic carbocycles. The maximum atomic E-state index is 13.1. The van der Waals surface area contributed by atoms with Crippen LogP contribution in [0.4, 0.5) is 13.2 Å². The number of aromatic nitrogens is 1. The molecule has 3 rings (SSSR count). The van der Waals surface area contributed by atoms with Crippen molar-refractivity contribution in [3.8, 4) is 0 Å². The number of alkyl halides is 3. The number of carbonyl (C=O) groups excluding carboxylic acids is 1. The van der Waals surface area contributed by atoms with Crippen LogP contribution >= 0.6 is 39.1 Å². The van der Waals surface area contributed by atoms with Gasteiger partial charge in [0.05, 0.1) is 21.5 Å². The van der Waals surface area contributed by atoms with Gasteiger partial charge in [0.25, 0.3) is 0 Å². The molecular formula is C15H12BrCl2F3N2O. The van der Waals surface area contributed by atoms with E-state index in [0.29, 0.717) is 21.1 Å². The minimum atomic E-state index is -4.43. The Morgan fingerprint density at radius 3 is 2.71 bits per heavy atom. The zero-order valence-electron chi connectivity index (χ0n) is 12.4. The summed E-state index contributed by atoms with van der Waals surface area (Å²) in [4.78, 5) is 12.2. The average molecular weight is 444 g/mol. The Labute approximate surface area is 154 Å². The first kappa shape index (κ1) is 17.9. The van der Waals surface area contributed by atoms with Gasteiger partial charge in [0.15, 0.2) is 0 Å². The van der Waals surface area contributed by atoms with Crippen LogP contribution in [0.2, 0.25) is 10.0 Å². The largest absolute Gasteiger partial charge is 0.406 e. The molecule has 24 heavy (non-hydrogen) atoms. The number of nitrogens with zero attached hydrogens (tertiary/aromatic N) is 1. The van der Waals surface area contributed by atoms with E-state index in [1.54, 1.807) is 13.0 Å². The van der Waals surface area contributed by atoms with Gasteiger partial charge in [0.2, 0.25) is 5.91 Å². The Bertz CT molecular complexity index is 848. The molecule has 1 amide bonds. The summed E-state index contributed by atoms with van der Waals surface area (Å²) in [5.74, 6) is -0.814. The molecule has 2 heterocycles. The summed E-state index contributed by atoms with van der Waals surface area (Å²) >= 11 is 15.7. The lowest BCUT2D eigenvalue weighted by atomic mass is 9.97. The highest BCUT2D eigenvalue weighted by Crippen LogP contribution is 2.44. The molecule has 0 saturated heterocycles. The molecule has 0 bridgehead atoms. The molecule has 1 aliphatic heterocycles. The van der Waals surface area contributed by atoms with Gasteiger partial charge < -0.3 is 9.88 Å². The van der Waals surface area contributed by atoms with E-state index in [0.717, 1.165) is 4.57 Å². The number of rotatable bonds is 1. The maximum absolute atomic E-state index is 13.1. The van der Waals surface area contributed by atoms with Gasteiger partial charge >= 0.3 is 6.18 Å². The Morgan fingerprint density at radius 2 is 2.08 bits per heavy atom. The van der Waals surface area contributed by atoms with Crippen molar-refractivity contribution < 1.29 is 18.0 Å². The third-order valence-corrected chi connectivity index (χ3v) is 5.55. The van der Waals surface area contributed by atoms with Crippen LogP contribution in [0.15, 0.2) is 10.5 Å². The molecule has 1 aliphatic rings. The summed E-state index contributed by atoms with van der Waals surface area (Å²) in [7, 11) is 0. The topological polar surface area (TPSA) is 34.0 Å². The summed E-state index contributed by atoms with van der Waals surface area (Å²) in [5, 5.41) is 3.44. The van der Waals surface area contributed by atoms with E-state index in [-0.39, 0.29) is 34.4 Å². The fourth-order valence-electron chi connectivity index (χ4n) is 3.20. The second kappa shape index (κ2) is 6.11. The molecule has 1 aromatic heterocycles. The third-order valence-electron chi connectivity index (χ3n) is 4.15. The monoisotopic (exact) mass is 442 g/mol. The van der Waals surface area contributed by atoms with Crippen LogP contribution < -0.4 is 5.32 Å². The first-order valence-corrected chi connectivity index (χ1v) is 8.69. The van der Waals surface area contributed by atoms with Crippen LogP contribution in [0, 0.1) is 0 Å². The molecule has 0 saturated carbocycles. The van der Waals surface area contributed by atoms with Crippen molar-refractivity contribution in [1.82, 2.24) is 9.88 Å². The molecule has 0 spiro atoms. The molecule has 1 atom stereocenters. The van der Waals surface area contributed by atoms with E-state index < -0.39 is 18.6 Å². The van der Waals surface area contributed by atoms with Gasteiger partial charge in [-0.25, -0.2) is 0 Å². The van der Waals surface area contributed by atoms with E-state index >= 15 is 0 Å². The molecule has 1 N–H and O–H groups in total. The number of halogens is 6. The minimum Gasteiger partial charge on any atom is -0.355 e. The molecule has 9 heteroatoms. The molecule has 2 aromatic rings. The van der Waals surface area contributed by atoms with Gasteiger partial charge in [0, 0.05) is 28.5 Å². The number of benzene rings is 1. The fraction of sp³-hybridized carbons (Fsp3) is 0.400. The van der Waals surface area contributed by atoms with Gasteiger partial charge in [-0.1, -0.05) is 39.1 Å². The van der Waals surface area contributed by atoms with E-state index in [4.69, 9.17) is 23.2 Å². The lowest BCUT2D eigenvalue weighted by Crippen LogP contribution is -2.27. The lowest BCUT2D eigenvalue weighted by molar-refractivity contribution is -0.140. The SMILES string of the molecule is CC1C(=O)NCCc2c1c1c(Br)cc(Cl)c(Cl)c1n2CC(F)(F)F. The predicted molar refractivity (Wildman–Crippen MR) is 90.8 cm³/mol. The average Bonchev–Trinajstić information content (AvgIpc) is 2.69. The summed E-state index contributed by atoms with van der Waals surface area (Å²) in [6.45, 7) is 0.755. The van der Waals surface area contributed by atoms with Crippen LogP contribution in [0.1, 0.15) is 24.1 Å². The number of fused-ring (bicyclic) bond motifs is 3. The van der Waals surface area contributed by atoms with Crippen LogP contribution in [-0.4, -0.2) is 23.2 Å². The maximum Gasteiger partial charge on any atom is 0.406 e. The molecular weight excluding hydrogens is 432 g/mol. The van der Waals surface area contributed by atoms with Crippen molar-refractivity contribution in [1.29, 1.82) is 0 Å². The van der Waals surface area contributed by atoms with Crippen molar-refractivity contribution in [2.75, 3.05) is 6.54 Å². The zero-order chi connectivity index (χ0) is 17.8. The van der Waals surface area contributed by atoms with Gasteiger partial charge in [-0.05, 0) is 18.6 Å². The van der Waals surface area contributed by atoms with Gasteiger partial charge in [-0.2, -0.15) is 13.2 Å². The predicted octanol–water partition coefficient (Wildman–Crippen LogP) is 5.05. The lowest BCUT2D eigenvalue weighted by Gasteiger charge is -2.14. The van der Waals surface area contributed by atoms with Crippen molar-refractivity contribution in [3.63, 3.8) is 0 Å². The Hall–Kier alpha value is -0.920. The summed E-state index contributed by atoms with van der Waals surface area (Å²) in [6.07, 6.45) is -4.14. The molecule has 1 aromatic carbocycles. The molecule has 0 radical (unpaired) electrons. The van der Waals surface area contributed by atoms with Gasteiger partial charge in [-0.15, -0.1) is 0 Å². The van der Waals surface area contributed by atoms with Crippen LogP contribution in [0.25, 0.3) is 10.9 Å².